The third-order valence-electron chi connectivity index (χ3n) is 6.12. The highest BCUT2D eigenvalue weighted by Gasteiger charge is 2.47. The van der Waals surface area contributed by atoms with Gasteiger partial charge in [0.25, 0.3) is 5.56 Å². The van der Waals surface area contributed by atoms with Crippen molar-refractivity contribution in [1.82, 2.24) is 9.55 Å². The van der Waals surface area contributed by atoms with Gasteiger partial charge in [-0.3, -0.25) is 9.36 Å². The van der Waals surface area contributed by atoms with Crippen LogP contribution in [-0.2, 0) is 4.74 Å². The molecule has 0 amide bonds. The Labute approximate surface area is 181 Å². The first-order valence-corrected chi connectivity index (χ1v) is 10.6. The summed E-state index contributed by atoms with van der Waals surface area (Å²) in [6.07, 6.45) is 5.10. The zero-order valence-electron chi connectivity index (χ0n) is 17.1. The third-order valence-corrected chi connectivity index (χ3v) is 7.03. The Balaban J connectivity index is 1.88. The van der Waals surface area contributed by atoms with Gasteiger partial charge in [-0.2, -0.15) is 0 Å². The second-order valence-electron chi connectivity index (χ2n) is 7.77. The number of aromatic nitrogens is 2. The number of hydrogen-bond donors (Lipinski definition) is 1. The zero-order valence-corrected chi connectivity index (χ0v) is 18.6. The van der Waals surface area contributed by atoms with Gasteiger partial charge in [0, 0.05) is 30.6 Å². The van der Waals surface area contributed by atoms with E-state index in [9.17, 15) is 4.79 Å². The van der Waals surface area contributed by atoms with Gasteiger partial charge in [0.1, 0.15) is 11.6 Å². The summed E-state index contributed by atoms with van der Waals surface area (Å²) in [5, 5.41) is 0.607. The standard InChI is InChI=1S/C21H28Cl2N4O2/c1-5-15(22)19(23)16(6-2)27-14(4)25-17(11-18(27)28)26-9-7-21(8-10-26)12-29-13(3)20(21)24/h5-6,11,13,20H,2,7-10,12,24H2,1,3-4H3/b15-5+,19-16-/t13-,20+/m0/s1. The van der Waals surface area contributed by atoms with Crippen LogP contribution in [0.5, 0.6) is 0 Å². The van der Waals surface area contributed by atoms with Gasteiger partial charge in [0.15, 0.2) is 0 Å². The van der Waals surface area contributed by atoms with Gasteiger partial charge >= 0.3 is 0 Å². The largest absolute Gasteiger partial charge is 0.376 e. The Kier molecular flexibility index (Phi) is 6.58. The number of piperidine rings is 1. The predicted molar refractivity (Wildman–Crippen MR) is 119 cm³/mol. The van der Waals surface area contributed by atoms with Gasteiger partial charge in [-0.15, -0.1) is 0 Å². The molecular weight excluding hydrogens is 411 g/mol. The van der Waals surface area contributed by atoms with Gasteiger partial charge in [0.2, 0.25) is 0 Å². The van der Waals surface area contributed by atoms with E-state index in [0.717, 1.165) is 25.9 Å². The molecule has 0 unspecified atom stereocenters. The lowest BCUT2D eigenvalue weighted by molar-refractivity contribution is 0.0974. The van der Waals surface area contributed by atoms with E-state index in [-0.39, 0.29) is 28.2 Å². The van der Waals surface area contributed by atoms with Crippen LogP contribution in [0.15, 0.2) is 39.7 Å². The highest BCUT2D eigenvalue weighted by atomic mass is 35.5. The quantitative estimate of drug-likeness (QED) is 0.726. The van der Waals surface area contributed by atoms with E-state index in [4.69, 9.17) is 33.7 Å². The smallest absolute Gasteiger partial charge is 0.260 e. The van der Waals surface area contributed by atoms with Crippen molar-refractivity contribution in [1.29, 1.82) is 0 Å². The molecule has 1 spiro atoms. The van der Waals surface area contributed by atoms with E-state index in [1.165, 1.54) is 16.7 Å². The van der Waals surface area contributed by atoms with Gasteiger partial charge < -0.3 is 15.4 Å². The summed E-state index contributed by atoms with van der Waals surface area (Å²) in [7, 11) is 0. The number of ether oxygens (including phenoxy) is 1. The van der Waals surface area contributed by atoms with Crippen LogP contribution >= 0.6 is 23.2 Å². The maximum absolute atomic E-state index is 12.9. The molecule has 29 heavy (non-hydrogen) atoms. The minimum atomic E-state index is -0.226. The molecule has 6 nitrogen and oxygen atoms in total. The Hall–Kier alpha value is -1.60. The lowest BCUT2D eigenvalue weighted by Crippen LogP contribution is -2.51. The number of hydrogen-bond acceptors (Lipinski definition) is 5. The molecule has 3 heterocycles. The van der Waals surface area contributed by atoms with E-state index in [0.29, 0.717) is 29.0 Å². The Morgan fingerprint density at radius 3 is 2.55 bits per heavy atom. The van der Waals surface area contributed by atoms with Crippen molar-refractivity contribution in [2.24, 2.45) is 11.1 Å². The summed E-state index contributed by atoms with van der Waals surface area (Å²) in [5.41, 5.74) is 6.61. The summed E-state index contributed by atoms with van der Waals surface area (Å²) in [4.78, 5) is 19.7. The first-order chi connectivity index (χ1) is 13.7. The van der Waals surface area contributed by atoms with Crippen LogP contribution in [0.25, 0.3) is 5.70 Å². The van der Waals surface area contributed by atoms with Crippen LogP contribution in [0.2, 0.25) is 0 Å². The molecule has 8 heteroatoms. The minimum Gasteiger partial charge on any atom is -0.376 e. The molecule has 0 aromatic carbocycles. The summed E-state index contributed by atoms with van der Waals surface area (Å²) < 4.78 is 7.22. The fraction of sp³-hybridized carbons (Fsp3) is 0.524. The summed E-state index contributed by atoms with van der Waals surface area (Å²) in [5.74, 6) is 1.19. The second-order valence-corrected chi connectivity index (χ2v) is 8.55. The van der Waals surface area contributed by atoms with Crippen LogP contribution in [0, 0.1) is 12.3 Å². The van der Waals surface area contributed by atoms with Gasteiger partial charge in [0.05, 0.1) is 28.5 Å². The maximum Gasteiger partial charge on any atom is 0.260 e. The van der Waals surface area contributed by atoms with Crippen LogP contribution in [0.4, 0.5) is 5.82 Å². The normalized spacial score (nSPS) is 25.3. The van der Waals surface area contributed by atoms with Crippen LogP contribution in [0.3, 0.4) is 0 Å². The fourth-order valence-corrected chi connectivity index (χ4v) is 4.59. The Morgan fingerprint density at radius 1 is 1.41 bits per heavy atom. The summed E-state index contributed by atoms with van der Waals surface area (Å²) >= 11 is 12.5. The molecule has 2 aliphatic heterocycles. The van der Waals surface area contributed by atoms with Crippen LogP contribution < -0.4 is 16.2 Å². The van der Waals surface area contributed by atoms with Crippen LogP contribution in [0.1, 0.15) is 32.5 Å². The highest BCUT2D eigenvalue weighted by molar-refractivity contribution is 6.45. The van der Waals surface area contributed by atoms with Crippen molar-refractivity contribution in [3.8, 4) is 0 Å². The number of nitrogens with two attached hydrogens (primary N) is 1. The molecule has 2 N–H and O–H groups in total. The molecule has 0 saturated carbocycles. The van der Waals surface area contributed by atoms with Crippen molar-refractivity contribution in [2.45, 2.75) is 45.8 Å². The first-order valence-electron chi connectivity index (χ1n) is 9.81. The summed E-state index contributed by atoms with van der Waals surface area (Å²) in [6, 6.07) is 1.58. The molecule has 158 valence electrons. The molecule has 2 atom stereocenters. The Morgan fingerprint density at radius 2 is 2.07 bits per heavy atom. The number of nitrogens with zero attached hydrogens (tertiary/aromatic N) is 3. The number of aryl methyl sites for hydroxylation is 1. The molecule has 1 aromatic heterocycles. The molecule has 2 saturated heterocycles. The van der Waals surface area contributed by atoms with Crippen LogP contribution in [-0.4, -0.2) is 41.4 Å². The van der Waals surface area contributed by atoms with Crippen molar-refractivity contribution in [3.05, 3.63) is 51.0 Å². The topological polar surface area (TPSA) is 73.4 Å². The number of anilines is 1. The van der Waals surface area contributed by atoms with Gasteiger partial charge in [-0.05, 0) is 39.7 Å². The molecule has 0 aliphatic carbocycles. The highest BCUT2D eigenvalue weighted by Crippen LogP contribution is 2.41. The fourth-order valence-electron chi connectivity index (χ4n) is 4.22. The van der Waals surface area contributed by atoms with E-state index < -0.39 is 0 Å². The molecule has 0 bridgehead atoms. The second kappa shape index (κ2) is 8.64. The maximum atomic E-state index is 12.9. The number of rotatable bonds is 4. The SMILES string of the molecule is C=C/C(=C(Cl)\C(Cl)=C/C)n1c(C)nc(N2CCC3(CC2)CO[C@@H](C)[C@H]3N)cc1=O. The molecule has 3 rings (SSSR count). The van der Waals surface area contributed by atoms with Crippen molar-refractivity contribution >= 4 is 34.7 Å². The van der Waals surface area contributed by atoms with E-state index >= 15 is 0 Å². The number of allylic oxidation sites excluding steroid dienone is 5. The molecule has 1 aromatic rings. The average Bonchev–Trinajstić information content (AvgIpc) is 2.98. The number of halogens is 2. The summed E-state index contributed by atoms with van der Waals surface area (Å²) in [6.45, 7) is 11.6. The lowest BCUT2D eigenvalue weighted by Gasteiger charge is -2.41. The van der Waals surface area contributed by atoms with E-state index in [1.807, 2.05) is 6.92 Å². The monoisotopic (exact) mass is 438 g/mol. The van der Waals surface area contributed by atoms with Crippen molar-refractivity contribution in [2.75, 3.05) is 24.6 Å². The van der Waals surface area contributed by atoms with Gasteiger partial charge in [-0.25, -0.2) is 4.98 Å². The average molecular weight is 439 g/mol. The molecular formula is C21H28Cl2N4O2. The minimum absolute atomic E-state index is 0.0233. The van der Waals surface area contributed by atoms with Gasteiger partial charge in [-0.1, -0.05) is 35.9 Å². The molecule has 2 fully saturated rings. The van der Waals surface area contributed by atoms with E-state index in [2.05, 4.69) is 16.5 Å². The molecule has 0 radical (unpaired) electrons. The zero-order chi connectivity index (χ0) is 21.3. The molecule has 2 aliphatic rings. The van der Waals surface area contributed by atoms with Crippen molar-refractivity contribution < 1.29 is 4.74 Å². The lowest BCUT2D eigenvalue weighted by atomic mass is 9.73. The van der Waals surface area contributed by atoms with E-state index in [1.54, 1.807) is 19.9 Å². The first kappa shape index (κ1) is 22.1. The third kappa shape index (κ3) is 4.04. The van der Waals surface area contributed by atoms with Crippen molar-refractivity contribution in [3.63, 3.8) is 0 Å². The predicted octanol–water partition coefficient (Wildman–Crippen LogP) is 3.62. The Bertz CT molecular complexity index is 914.